The van der Waals surface area contributed by atoms with E-state index in [9.17, 15) is 9.18 Å². The quantitative estimate of drug-likeness (QED) is 0.801. The van der Waals surface area contributed by atoms with Gasteiger partial charge in [-0.3, -0.25) is 4.79 Å². The average Bonchev–Trinajstić information content (AvgIpc) is 2.64. The van der Waals surface area contributed by atoms with Crippen molar-refractivity contribution in [2.75, 3.05) is 0 Å². The van der Waals surface area contributed by atoms with Crippen molar-refractivity contribution in [2.45, 2.75) is 13.8 Å². The standard InChI is InChI=1S/C11H9BrFN3O/c1-6-11(7(2)17)14-15-16(6)10-5-8(12)3-4-9(10)13/h3-5H,1-2H3. The van der Waals surface area contributed by atoms with Crippen LogP contribution in [0.3, 0.4) is 0 Å². The van der Waals surface area contributed by atoms with E-state index >= 15 is 0 Å². The minimum Gasteiger partial charge on any atom is -0.293 e. The first-order chi connectivity index (χ1) is 8.00. The van der Waals surface area contributed by atoms with E-state index in [2.05, 4.69) is 26.2 Å². The summed E-state index contributed by atoms with van der Waals surface area (Å²) in [7, 11) is 0. The van der Waals surface area contributed by atoms with E-state index in [4.69, 9.17) is 0 Å². The van der Waals surface area contributed by atoms with E-state index in [1.165, 1.54) is 17.7 Å². The lowest BCUT2D eigenvalue weighted by molar-refractivity contribution is 0.101. The molecule has 1 aromatic heterocycles. The predicted octanol–water partition coefficient (Wildman–Crippen LogP) is 2.68. The molecular weight excluding hydrogens is 289 g/mol. The number of rotatable bonds is 2. The highest BCUT2D eigenvalue weighted by Gasteiger charge is 2.16. The van der Waals surface area contributed by atoms with Gasteiger partial charge in [0.2, 0.25) is 0 Å². The summed E-state index contributed by atoms with van der Waals surface area (Å²) in [6.07, 6.45) is 0. The molecule has 0 N–H and O–H groups in total. The number of halogens is 2. The van der Waals surface area contributed by atoms with Crippen LogP contribution in [0, 0.1) is 12.7 Å². The van der Waals surface area contributed by atoms with Crippen LogP contribution in [0.15, 0.2) is 22.7 Å². The van der Waals surface area contributed by atoms with Crippen LogP contribution in [0.1, 0.15) is 23.1 Å². The van der Waals surface area contributed by atoms with E-state index in [1.54, 1.807) is 19.1 Å². The molecule has 0 aliphatic carbocycles. The third kappa shape index (κ3) is 2.12. The van der Waals surface area contributed by atoms with E-state index in [0.29, 0.717) is 5.69 Å². The molecule has 0 radical (unpaired) electrons. The molecule has 1 aromatic carbocycles. The summed E-state index contributed by atoms with van der Waals surface area (Å²) in [5, 5.41) is 7.54. The van der Waals surface area contributed by atoms with Crippen molar-refractivity contribution in [2.24, 2.45) is 0 Å². The Morgan fingerprint density at radius 2 is 2.18 bits per heavy atom. The van der Waals surface area contributed by atoms with Crippen LogP contribution in [-0.4, -0.2) is 20.8 Å². The van der Waals surface area contributed by atoms with Crippen molar-refractivity contribution < 1.29 is 9.18 Å². The Hall–Kier alpha value is -1.56. The second-order valence-corrected chi connectivity index (χ2v) is 4.50. The van der Waals surface area contributed by atoms with E-state index in [0.717, 1.165) is 4.47 Å². The Labute approximate surface area is 106 Å². The number of aromatic nitrogens is 3. The van der Waals surface area contributed by atoms with Gasteiger partial charge < -0.3 is 0 Å². The van der Waals surface area contributed by atoms with Gasteiger partial charge in [0.05, 0.1) is 5.69 Å². The molecule has 0 spiro atoms. The highest BCUT2D eigenvalue weighted by atomic mass is 79.9. The molecule has 0 aliphatic rings. The predicted molar refractivity (Wildman–Crippen MR) is 63.8 cm³/mol. The summed E-state index contributed by atoms with van der Waals surface area (Å²) in [6.45, 7) is 3.08. The van der Waals surface area contributed by atoms with E-state index in [-0.39, 0.29) is 17.2 Å². The van der Waals surface area contributed by atoms with Gasteiger partial charge in [-0.1, -0.05) is 21.1 Å². The van der Waals surface area contributed by atoms with Crippen LogP contribution < -0.4 is 0 Å². The normalized spacial score (nSPS) is 10.6. The number of hydrogen-bond donors (Lipinski definition) is 0. The fraction of sp³-hybridized carbons (Fsp3) is 0.182. The van der Waals surface area contributed by atoms with Crippen LogP contribution in [0.25, 0.3) is 5.69 Å². The second-order valence-electron chi connectivity index (χ2n) is 3.59. The van der Waals surface area contributed by atoms with Crippen molar-refractivity contribution in [3.05, 3.63) is 39.9 Å². The Bertz CT molecular complexity index is 594. The van der Waals surface area contributed by atoms with Crippen LogP contribution >= 0.6 is 15.9 Å². The first-order valence-corrected chi connectivity index (χ1v) is 5.68. The SMILES string of the molecule is CC(=O)c1nnn(-c2cc(Br)ccc2F)c1C. The molecule has 6 heteroatoms. The molecule has 1 heterocycles. The maximum Gasteiger partial charge on any atom is 0.181 e. The van der Waals surface area contributed by atoms with Crippen molar-refractivity contribution in [1.82, 2.24) is 15.0 Å². The zero-order valence-corrected chi connectivity index (χ0v) is 10.8. The molecule has 0 fully saturated rings. The maximum absolute atomic E-state index is 13.7. The van der Waals surface area contributed by atoms with Gasteiger partial charge in [-0.25, -0.2) is 9.07 Å². The Morgan fingerprint density at radius 1 is 1.47 bits per heavy atom. The molecule has 2 aromatic rings. The maximum atomic E-state index is 13.7. The summed E-state index contributed by atoms with van der Waals surface area (Å²) in [5.41, 5.74) is 1.04. The summed E-state index contributed by atoms with van der Waals surface area (Å²) in [6, 6.07) is 4.51. The highest BCUT2D eigenvalue weighted by Crippen LogP contribution is 2.20. The molecule has 4 nitrogen and oxygen atoms in total. The lowest BCUT2D eigenvalue weighted by atomic mass is 10.2. The topological polar surface area (TPSA) is 47.8 Å². The van der Waals surface area contributed by atoms with Gasteiger partial charge in [0.15, 0.2) is 11.5 Å². The van der Waals surface area contributed by atoms with Crippen molar-refractivity contribution in [3.63, 3.8) is 0 Å². The van der Waals surface area contributed by atoms with Crippen molar-refractivity contribution >= 4 is 21.7 Å². The van der Waals surface area contributed by atoms with Gasteiger partial charge in [-0.2, -0.15) is 0 Å². The lowest BCUT2D eigenvalue weighted by Gasteiger charge is -2.05. The van der Waals surface area contributed by atoms with Gasteiger partial charge in [-0.05, 0) is 25.1 Å². The zero-order valence-electron chi connectivity index (χ0n) is 9.24. The number of Topliss-reactive ketones (excluding diaryl/α,β-unsaturated/α-hetero) is 1. The van der Waals surface area contributed by atoms with Gasteiger partial charge in [0, 0.05) is 11.4 Å². The molecule has 0 atom stereocenters. The molecule has 88 valence electrons. The molecule has 2 rings (SSSR count). The van der Waals surface area contributed by atoms with E-state index < -0.39 is 5.82 Å². The average molecular weight is 298 g/mol. The fourth-order valence-electron chi connectivity index (χ4n) is 1.53. The zero-order chi connectivity index (χ0) is 12.6. The first kappa shape index (κ1) is 11.9. The number of benzene rings is 1. The van der Waals surface area contributed by atoms with Crippen molar-refractivity contribution in [1.29, 1.82) is 0 Å². The summed E-state index contributed by atoms with van der Waals surface area (Å²) >= 11 is 3.26. The minimum atomic E-state index is -0.420. The molecule has 0 saturated carbocycles. The van der Waals surface area contributed by atoms with Gasteiger partial charge in [0.1, 0.15) is 11.5 Å². The minimum absolute atomic E-state index is 0.191. The molecule has 17 heavy (non-hydrogen) atoms. The number of ketones is 1. The van der Waals surface area contributed by atoms with Gasteiger partial charge in [-0.15, -0.1) is 5.10 Å². The van der Waals surface area contributed by atoms with Crippen LogP contribution in [0.2, 0.25) is 0 Å². The van der Waals surface area contributed by atoms with Crippen LogP contribution in [0.4, 0.5) is 4.39 Å². The number of hydrogen-bond acceptors (Lipinski definition) is 3. The van der Waals surface area contributed by atoms with Crippen LogP contribution in [-0.2, 0) is 0 Å². The van der Waals surface area contributed by atoms with Crippen molar-refractivity contribution in [3.8, 4) is 5.69 Å². The second kappa shape index (κ2) is 4.37. The molecule has 0 amide bonds. The summed E-state index contributed by atoms with van der Waals surface area (Å²) in [5.74, 6) is -0.611. The molecular formula is C11H9BrFN3O. The lowest BCUT2D eigenvalue weighted by Crippen LogP contribution is -2.03. The molecule has 0 unspecified atom stereocenters. The third-order valence-electron chi connectivity index (χ3n) is 2.36. The Morgan fingerprint density at radius 3 is 2.76 bits per heavy atom. The smallest absolute Gasteiger partial charge is 0.181 e. The number of carbonyl (C=O) groups is 1. The van der Waals surface area contributed by atoms with Gasteiger partial charge >= 0.3 is 0 Å². The first-order valence-electron chi connectivity index (χ1n) is 4.89. The highest BCUT2D eigenvalue weighted by molar-refractivity contribution is 9.10. The molecule has 0 bridgehead atoms. The fourth-order valence-corrected chi connectivity index (χ4v) is 1.88. The largest absolute Gasteiger partial charge is 0.293 e. The monoisotopic (exact) mass is 297 g/mol. The Kier molecular flexibility index (Phi) is 3.06. The van der Waals surface area contributed by atoms with E-state index in [1.807, 2.05) is 0 Å². The summed E-state index contributed by atoms with van der Waals surface area (Å²) in [4.78, 5) is 11.2. The number of carbonyl (C=O) groups excluding carboxylic acids is 1. The van der Waals surface area contributed by atoms with Crippen LogP contribution in [0.5, 0.6) is 0 Å². The Balaban J connectivity index is 2.61. The molecule has 0 saturated heterocycles. The number of nitrogens with zero attached hydrogens (tertiary/aromatic N) is 3. The summed E-state index contributed by atoms with van der Waals surface area (Å²) < 4.78 is 15.7. The third-order valence-corrected chi connectivity index (χ3v) is 2.86. The molecule has 0 aliphatic heterocycles. The van der Waals surface area contributed by atoms with Gasteiger partial charge in [0.25, 0.3) is 0 Å².